The number of carbonyl (C=O) groups is 1. The molecule has 1 aromatic rings. The zero-order chi connectivity index (χ0) is 18.1. The van der Waals surface area contributed by atoms with Crippen molar-refractivity contribution in [2.45, 2.75) is 62.3 Å². The smallest absolute Gasteiger partial charge is 0.252 e. The lowest BCUT2D eigenvalue weighted by atomic mass is 9.52. The van der Waals surface area contributed by atoms with E-state index in [1.165, 1.54) is 0 Å². The van der Waals surface area contributed by atoms with E-state index in [2.05, 4.69) is 18.9 Å². The molecule has 6 heteroatoms. The number of rotatable bonds is 3. The van der Waals surface area contributed by atoms with Gasteiger partial charge in [0.05, 0.1) is 16.6 Å². The van der Waals surface area contributed by atoms with Crippen LogP contribution in [0.5, 0.6) is 5.75 Å². The van der Waals surface area contributed by atoms with Crippen molar-refractivity contribution in [1.29, 1.82) is 0 Å². The standard InChI is InChI=1S/C19H27N3O3/c1-4-22(3)13-9-10-5-6-11(17(21)23)15-14(10)18(2)16(25-15)12(20)7-8-19(13,18)24/h5-6,12-13,16,24H,4,7-9,20H2,1-3H3,(H2,21,23)/t12-,13-,16?,18+,19-/m1/s1. The zero-order valence-electron chi connectivity index (χ0n) is 15.1. The largest absolute Gasteiger partial charge is 0.487 e. The third kappa shape index (κ3) is 1.87. The average Bonchev–Trinajstić information content (AvgIpc) is 2.91. The summed E-state index contributed by atoms with van der Waals surface area (Å²) in [6.45, 7) is 4.99. The molecule has 5 atom stereocenters. The number of primary amides is 1. The van der Waals surface area contributed by atoms with Crippen LogP contribution in [-0.2, 0) is 11.8 Å². The summed E-state index contributed by atoms with van der Waals surface area (Å²) in [4.78, 5) is 14.1. The second-order valence-electron chi connectivity index (χ2n) is 8.00. The van der Waals surface area contributed by atoms with Crippen LogP contribution < -0.4 is 16.2 Å². The van der Waals surface area contributed by atoms with E-state index in [4.69, 9.17) is 16.2 Å². The molecule has 0 spiro atoms. The molecule has 2 aliphatic carbocycles. The van der Waals surface area contributed by atoms with Crippen LogP contribution in [0.15, 0.2) is 12.1 Å². The summed E-state index contributed by atoms with van der Waals surface area (Å²) in [5, 5.41) is 11.9. The van der Waals surface area contributed by atoms with Gasteiger partial charge >= 0.3 is 0 Å². The highest BCUT2D eigenvalue weighted by atomic mass is 16.5. The normalized spacial score (nSPS) is 38.4. The first-order chi connectivity index (χ1) is 11.8. The van der Waals surface area contributed by atoms with Gasteiger partial charge in [-0.2, -0.15) is 0 Å². The summed E-state index contributed by atoms with van der Waals surface area (Å²) in [5.41, 5.74) is 12.8. The van der Waals surface area contributed by atoms with Crippen molar-refractivity contribution in [1.82, 2.24) is 4.90 Å². The molecule has 1 aromatic carbocycles. The number of ether oxygens (including phenoxy) is 1. The highest BCUT2D eigenvalue weighted by Crippen LogP contribution is 2.60. The molecule has 25 heavy (non-hydrogen) atoms. The number of aliphatic hydroxyl groups is 1. The summed E-state index contributed by atoms with van der Waals surface area (Å²) in [6.07, 6.45) is 1.69. The molecule has 1 fully saturated rings. The molecule has 136 valence electrons. The molecule has 1 aliphatic heterocycles. The van der Waals surface area contributed by atoms with Crippen LogP contribution >= 0.6 is 0 Å². The predicted octanol–water partition coefficient (Wildman–Crippen LogP) is 0.533. The molecule has 1 heterocycles. The number of hydrogen-bond acceptors (Lipinski definition) is 5. The first-order valence-electron chi connectivity index (χ1n) is 9.06. The van der Waals surface area contributed by atoms with Crippen molar-refractivity contribution in [3.8, 4) is 5.75 Å². The van der Waals surface area contributed by atoms with Crippen molar-refractivity contribution in [3.63, 3.8) is 0 Å². The summed E-state index contributed by atoms with van der Waals surface area (Å²) >= 11 is 0. The topological polar surface area (TPSA) is 102 Å². The number of carbonyl (C=O) groups excluding carboxylic acids is 1. The molecular formula is C19H27N3O3. The van der Waals surface area contributed by atoms with Gasteiger partial charge in [0.2, 0.25) is 0 Å². The van der Waals surface area contributed by atoms with E-state index in [0.717, 1.165) is 24.1 Å². The predicted molar refractivity (Wildman–Crippen MR) is 94.7 cm³/mol. The van der Waals surface area contributed by atoms with Gasteiger partial charge in [-0.3, -0.25) is 4.79 Å². The molecular weight excluding hydrogens is 318 g/mol. The zero-order valence-corrected chi connectivity index (χ0v) is 15.1. The van der Waals surface area contributed by atoms with E-state index >= 15 is 0 Å². The minimum Gasteiger partial charge on any atom is -0.487 e. The number of nitrogens with two attached hydrogens (primary N) is 2. The molecule has 5 N–H and O–H groups in total. The van der Waals surface area contributed by atoms with Crippen LogP contribution in [0.1, 0.15) is 48.2 Å². The fourth-order valence-corrected chi connectivity index (χ4v) is 5.47. The molecule has 1 saturated carbocycles. The molecule has 6 nitrogen and oxygen atoms in total. The summed E-state index contributed by atoms with van der Waals surface area (Å²) in [6, 6.07) is 3.51. The maximum Gasteiger partial charge on any atom is 0.252 e. The Hall–Kier alpha value is -1.63. The lowest BCUT2D eigenvalue weighted by molar-refractivity contribution is -0.151. The fraction of sp³-hybridized carbons (Fsp3) is 0.632. The molecule has 0 bridgehead atoms. The summed E-state index contributed by atoms with van der Waals surface area (Å²) in [7, 11) is 2.05. The minimum atomic E-state index is -0.952. The Morgan fingerprint density at radius 1 is 1.48 bits per heavy atom. The Kier molecular flexibility index (Phi) is 3.49. The van der Waals surface area contributed by atoms with Crippen molar-refractivity contribution >= 4 is 5.91 Å². The highest BCUT2D eigenvalue weighted by molar-refractivity contribution is 5.97. The van der Waals surface area contributed by atoms with Gasteiger partial charge in [-0.25, -0.2) is 0 Å². The van der Waals surface area contributed by atoms with E-state index < -0.39 is 16.9 Å². The quantitative estimate of drug-likeness (QED) is 0.742. The van der Waals surface area contributed by atoms with Gasteiger partial charge in [-0.05, 0) is 51.4 Å². The third-order valence-corrected chi connectivity index (χ3v) is 6.99. The van der Waals surface area contributed by atoms with Gasteiger partial charge in [0.15, 0.2) is 0 Å². The van der Waals surface area contributed by atoms with Crippen molar-refractivity contribution in [2.75, 3.05) is 13.6 Å². The van der Waals surface area contributed by atoms with E-state index in [1.807, 2.05) is 13.0 Å². The van der Waals surface area contributed by atoms with Gasteiger partial charge in [-0.1, -0.05) is 13.0 Å². The maximum atomic E-state index is 11.9. The Balaban J connectivity index is 2.00. The second kappa shape index (κ2) is 5.19. The molecule has 1 unspecified atom stereocenters. The molecule has 3 aliphatic rings. The lowest BCUT2D eigenvalue weighted by Crippen LogP contribution is -2.73. The van der Waals surface area contributed by atoms with Crippen LogP contribution in [-0.4, -0.2) is 53.3 Å². The van der Waals surface area contributed by atoms with Crippen LogP contribution in [0.4, 0.5) is 0 Å². The first-order valence-corrected chi connectivity index (χ1v) is 9.06. The minimum absolute atomic E-state index is 0.0148. The number of likely N-dealkylation sites (N-methyl/N-ethyl adjacent to an activating group) is 1. The van der Waals surface area contributed by atoms with Gasteiger partial charge in [0.1, 0.15) is 11.9 Å². The molecule has 1 amide bonds. The van der Waals surface area contributed by atoms with Crippen molar-refractivity contribution in [3.05, 3.63) is 28.8 Å². The number of nitrogens with zero attached hydrogens (tertiary/aromatic N) is 1. The fourth-order valence-electron chi connectivity index (χ4n) is 5.47. The third-order valence-electron chi connectivity index (χ3n) is 6.99. The Morgan fingerprint density at radius 3 is 2.84 bits per heavy atom. The number of benzene rings is 1. The summed E-state index contributed by atoms with van der Waals surface area (Å²) < 4.78 is 6.23. The number of amides is 1. The SMILES string of the molecule is CCN(C)[C@@H]1Cc2ccc(C(N)=O)c3c2[C@@]2(C)C(O3)[C@H](N)CC[C@@]12O. The van der Waals surface area contributed by atoms with E-state index in [-0.39, 0.29) is 18.2 Å². The maximum absolute atomic E-state index is 11.9. The lowest BCUT2D eigenvalue weighted by Gasteiger charge is -2.58. The molecule has 0 aromatic heterocycles. The van der Waals surface area contributed by atoms with E-state index in [0.29, 0.717) is 24.2 Å². The number of hydrogen-bond donors (Lipinski definition) is 3. The average molecular weight is 345 g/mol. The monoisotopic (exact) mass is 345 g/mol. The Bertz CT molecular complexity index is 752. The first kappa shape index (κ1) is 16.8. The summed E-state index contributed by atoms with van der Waals surface area (Å²) in [5.74, 6) is 0.0239. The van der Waals surface area contributed by atoms with Crippen LogP contribution in [0.2, 0.25) is 0 Å². The van der Waals surface area contributed by atoms with Crippen LogP contribution in [0.25, 0.3) is 0 Å². The van der Waals surface area contributed by atoms with Gasteiger partial charge in [0, 0.05) is 17.6 Å². The molecule has 0 radical (unpaired) electrons. The molecule has 4 rings (SSSR count). The Labute approximate surface area is 148 Å². The van der Waals surface area contributed by atoms with Crippen LogP contribution in [0, 0.1) is 0 Å². The highest BCUT2D eigenvalue weighted by Gasteiger charge is 2.68. The van der Waals surface area contributed by atoms with Crippen molar-refractivity contribution in [2.24, 2.45) is 11.5 Å². The van der Waals surface area contributed by atoms with Gasteiger partial charge < -0.3 is 26.2 Å². The molecule has 0 saturated heterocycles. The van der Waals surface area contributed by atoms with E-state index in [1.54, 1.807) is 6.07 Å². The van der Waals surface area contributed by atoms with Gasteiger partial charge in [0.25, 0.3) is 5.91 Å². The second-order valence-corrected chi connectivity index (χ2v) is 8.00. The van der Waals surface area contributed by atoms with Crippen LogP contribution in [0.3, 0.4) is 0 Å². The van der Waals surface area contributed by atoms with Crippen molar-refractivity contribution < 1.29 is 14.6 Å². The van der Waals surface area contributed by atoms with Gasteiger partial charge in [-0.15, -0.1) is 0 Å². The van der Waals surface area contributed by atoms with E-state index in [9.17, 15) is 9.90 Å². The Morgan fingerprint density at radius 2 is 2.20 bits per heavy atom.